The SMILES string of the molecule is CN(C)CCOc1ccc2c(c1)CCN(c1ccc(OC3CC4CCC(C3)N4C)c(Cl)c1)C2O. The van der Waals surface area contributed by atoms with Gasteiger partial charge in [-0.25, -0.2) is 0 Å². The molecular formula is C27H36ClN3O3. The van der Waals surface area contributed by atoms with Crippen LogP contribution in [0.2, 0.25) is 5.02 Å². The summed E-state index contributed by atoms with van der Waals surface area (Å²) in [4.78, 5) is 6.61. The Morgan fingerprint density at radius 3 is 2.56 bits per heavy atom. The van der Waals surface area contributed by atoms with Gasteiger partial charge >= 0.3 is 0 Å². The number of nitrogens with zero attached hydrogens (tertiary/aromatic N) is 3. The number of aliphatic hydroxyl groups excluding tert-OH is 1. The van der Waals surface area contributed by atoms with E-state index in [2.05, 4.69) is 22.9 Å². The maximum atomic E-state index is 11.1. The fraction of sp³-hybridized carbons (Fsp3) is 0.556. The number of fused-ring (bicyclic) bond motifs is 3. The molecule has 1 N–H and O–H groups in total. The summed E-state index contributed by atoms with van der Waals surface area (Å²) in [5.74, 6) is 1.60. The van der Waals surface area contributed by atoms with Crippen molar-refractivity contribution in [2.45, 2.75) is 56.5 Å². The number of hydrogen-bond donors (Lipinski definition) is 1. The summed E-state index contributed by atoms with van der Waals surface area (Å²) in [6.07, 6.45) is 5.01. The van der Waals surface area contributed by atoms with Crippen LogP contribution in [0, 0.1) is 0 Å². The minimum Gasteiger partial charge on any atom is -0.492 e. The highest BCUT2D eigenvalue weighted by atomic mass is 35.5. The molecule has 3 aliphatic heterocycles. The monoisotopic (exact) mass is 485 g/mol. The molecule has 3 unspecified atom stereocenters. The number of anilines is 1. The lowest BCUT2D eigenvalue weighted by Gasteiger charge is -2.37. The molecule has 0 radical (unpaired) electrons. The van der Waals surface area contributed by atoms with Gasteiger partial charge in [0.2, 0.25) is 0 Å². The number of hydrogen-bond acceptors (Lipinski definition) is 6. The number of benzene rings is 2. The second kappa shape index (κ2) is 9.94. The molecular weight excluding hydrogens is 450 g/mol. The molecule has 2 aromatic rings. The van der Waals surface area contributed by atoms with Gasteiger partial charge in [-0.2, -0.15) is 0 Å². The van der Waals surface area contributed by atoms with Crippen LogP contribution in [-0.4, -0.2) is 73.9 Å². The molecule has 0 saturated carbocycles. The van der Waals surface area contributed by atoms with E-state index >= 15 is 0 Å². The van der Waals surface area contributed by atoms with Crippen molar-refractivity contribution in [1.82, 2.24) is 9.80 Å². The summed E-state index contributed by atoms with van der Waals surface area (Å²) in [7, 11) is 6.30. The summed E-state index contributed by atoms with van der Waals surface area (Å²) in [6.45, 7) is 2.23. The van der Waals surface area contributed by atoms with Crippen LogP contribution in [0.3, 0.4) is 0 Å². The predicted molar refractivity (Wildman–Crippen MR) is 136 cm³/mol. The normalized spacial score (nSPS) is 26.6. The molecule has 0 aliphatic carbocycles. The molecule has 2 aromatic carbocycles. The minimum atomic E-state index is -0.716. The highest BCUT2D eigenvalue weighted by Gasteiger charge is 2.39. The highest BCUT2D eigenvalue weighted by Crippen LogP contribution is 2.40. The van der Waals surface area contributed by atoms with Gasteiger partial charge in [0.15, 0.2) is 6.23 Å². The molecule has 6 nitrogen and oxygen atoms in total. The third kappa shape index (κ3) is 4.87. The Morgan fingerprint density at radius 2 is 1.85 bits per heavy atom. The first kappa shape index (κ1) is 23.7. The van der Waals surface area contributed by atoms with Crippen molar-refractivity contribution in [3.8, 4) is 11.5 Å². The molecule has 2 bridgehead atoms. The Kier molecular flexibility index (Phi) is 6.94. The fourth-order valence-electron chi connectivity index (χ4n) is 5.69. The van der Waals surface area contributed by atoms with Crippen molar-refractivity contribution >= 4 is 17.3 Å². The lowest BCUT2D eigenvalue weighted by Crippen LogP contribution is -2.43. The number of ether oxygens (including phenoxy) is 2. The molecule has 184 valence electrons. The third-order valence-electron chi connectivity index (χ3n) is 7.71. The summed E-state index contributed by atoms with van der Waals surface area (Å²) in [5.41, 5.74) is 2.96. The van der Waals surface area contributed by atoms with Crippen molar-refractivity contribution < 1.29 is 14.6 Å². The van der Waals surface area contributed by atoms with Crippen LogP contribution in [0.4, 0.5) is 5.69 Å². The first-order valence-electron chi connectivity index (χ1n) is 12.4. The smallest absolute Gasteiger partial charge is 0.153 e. The van der Waals surface area contributed by atoms with Gasteiger partial charge in [-0.1, -0.05) is 17.7 Å². The van der Waals surface area contributed by atoms with Crippen LogP contribution in [0.15, 0.2) is 36.4 Å². The third-order valence-corrected chi connectivity index (χ3v) is 8.01. The second-order valence-corrected chi connectivity index (χ2v) is 10.6. The van der Waals surface area contributed by atoms with Gasteiger partial charge in [0.05, 0.1) is 5.02 Å². The van der Waals surface area contributed by atoms with E-state index < -0.39 is 6.23 Å². The van der Waals surface area contributed by atoms with Crippen molar-refractivity contribution in [3.63, 3.8) is 0 Å². The topological polar surface area (TPSA) is 48.4 Å². The van der Waals surface area contributed by atoms with Gasteiger partial charge in [0.1, 0.15) is 24.2 Å². The standard InChI is InChI=1S/C27H36ClN3O3/c1-29(2)12-13-33-22-7-8-24-18(14-22)10-11-31(27(24)32)21-6-9-26(25(28)17-21)34-23-15-19-4-5-20(16-23)30(19)3/h6-9,14,17,19-20,23,27,32H,4-5,10-13,15-16H2,1-3H3. The fourth-order valence-corrected chi connectivity index (χ4v) is 5.91. The quantitative estimate of drug-likeness (QED) is 0.629. The number of piperidine rings is 1. The van der Waals surface area contributed by atoms with E-state index in [0.29, 0.717) is 30.3 Å². The average Bonchev–Trinajstić information content (AvgIpc) is 3.01. The Labute approximate surface area is 208 Å². The van der Waals surface area contributed by atoms with Gasteiger partial charge in [-0.15, -0.1) is 0 Å². The largest absolute Gasteiger partial charge is 0.492 e. The minimum absolute atomic E-state index is 0.221. The molecule has 34 heavy (non-hydrogen) atoms. The van der Waals surface area contributed by atoms with Gasteiger partial charge in [0, 0.05) is 36.4 Å². The molecule has 3 heterocycles. The van der Waals surface area contributed by atoms with Gasteiger partial charge in [-0.3, -0.25) is 0 Å². The lowest BCUT2D eigenvalue weighted by molar-refractivity contribution is 0.0662. The van der Waals surface area contributed by atoms with E-state index in [1.165, 1.54) is 12.8 Å². The first-order valence-corrected chi connectivity index (χ1v) is 12.8. The first-order chi connectivity index (χ1) is 16.4. The van der Waals surface area contributed by atoms with E-state index in [9.17, 15) is 5.11 Å². The van der Waals surface area contributed by atoms with E-state index in [4.69, 9.17) is 21.1 Å². The zero-order valence-electron chi connectivity index (χ0n) is 20.4. The Balaban J connectivity index is 1.24. The van der Waals surface area contributed by atoms with E-state index in [0.717, 1.165) is 54.1 Å². The van der Waals surface area contributed by atoms with Crippen molar-refractivity contribution in [2.75, 3.05) is 45.7 Å². The van der Waals surface area contributed by atoms with Crippen LogP contribution in [-0.2, 0) is 6.42 Å². The van der Waals surface area contributed by atoms with Crippen LogP contribution in [0.1, 0.15) is 43.0 Å². The second-order valence-electron chi connectivity index (χ2n) is 10.2. The van der Waals surface area contributed by atoms with Crippen molar-refractivity contribution in [2.24, 2.45) is 0 Å². The molecule has 2 saturated heterocycles. The molecule has 0 spiro atoms. The van der Waals surface area contributed by atoms with Gasteiger partial charge in [-0.05, 0) is 89.1 Å². The molecule has 3 atom stereocenters. The van der Waals surface area contributed by atoms with Gasteiger partial charge in [0.25, 0.3) is 0 Å². The number of halogens is 1. The zero-order chi connectivity index (χ0) is 23.8. The van der Waals surface area contributed by atoms with Gasteiger partial charge < -0.3 is 29.3 Å². The zero-order valence-corrected chi connectivity index (χ0v) is 21.2. The maximum absolute atomic E-state index is 11.1. The summed E-state index contributed by atoms with van der Waals surface area (Å²) in [5, 5.41) is 11.7. The number of rotatable bonds is 7. The van der Waals surface area contributed by atoms with Crippen LogP contribution >= 0.6 is 11.6 Å². The lowest BCUT2D eigenvalue weighted by atomic mass is 9.97. The average molecular weight is 486 g/mol. The highest BCUT2D eigenvalue weighted by molar-refractivity contribution is 6.32. The Bertz CT molecular complexity index is 1000. The molecule has 5 rings (SSSR count). The molecule has 7 heteroatoms. The Hall–Kier alpha value is -1.99. The molecule has 3 aliphatic rings. The molecule has 0 aromatic heterocycles. The van der Waals surface area contributed by atoms with E-state index in [-0.39, 0.29) is 6.10 Å². The van der Waals surface area contributed by atoms with Crippen molar-refractivity contribution in [1.29, 1.82) is 0 Å². The van der Waals surface area contributed by atoms with Crippen LogP contribution in [0.5, 0.6) is 11.5 Å². The summed E-state index contributed by atoms with van der Waals surface area (Å²) < 4.78 is 12.2. The predicted octanol–water partition coefficient (Wildman–Crippen LogP) is 4.34. The maximum Gasteiger partial charge on any atom is 0.153 e. The van der Waals surface area contributed by atoms with E-state index in [1.807, 2.05) is 49.3 Å². The summed E-state index contributed by atoms with van der Waals surface area (Å²) >= 11 is 6.66. The van der Waals surface area contributed by atoms with Crippen LogP contribution in [0.25, 0.3) is 0 Å². The van der Waals surface area contributed by atoms with Crippen molar-refractivity contribution in [3.05, 3.63) is 52.5 Å². The number of aliphatic hydroxyl groups is 1. The number of likely N-dealkylation sites (N-methyl/N-ethyl adjacent to an activating group) is 1. The Morgan fingerprint density at radius 1 is 1.09 bits per heavy atom. The molecule has 2 fully saturated rings. The van der Waals surface area contributed by atoms with Crippen LogP contribution < -0.4 is 14.4 Å². The van der Waals surface area contributed by atoms with E-state index in [1.54, 1.807) is 0 Å². The molecule has 0 amide bonds. The summed E-state index contributed by atoms with van der Waals surface area (Å²) in [6, 6.07) is 13.1.